The summed E-state index contributed by atoms with van der Waals surface area (Å²) in [5, 5.41) is 14.0. The minimum Gasteiger partial charge on any atom is -0.839 e. The number of nitrogens with zero attached hydrogens (tertiary/aromatic N) is 1. The maximum atomic E-state index is 10.9. The topological polar surface area (TPSA) is 48.0 Å². The van der Waals surface area contributed by atoms with Gasteiger partial charge in [0, 0.05) is 16.8 Å². The van der Waals surface area contributed by atoms with Gasteiger partial charge in [-0.25, -0.2) is 0 Å². The van der Waals surface area contributed by atoms with Crippen LogP contribution in [0.2, 0.25) is 0 Å². The molecule has 2 aliphatic carbocycles. The molecule has 0 saturated heterocycles. The van der Waals surface area contributed by atoms with Crippen molar-refractivity contribution in [3.63, 3.8) is 0 Å². The Labute approximate surface area is 151 Å². The second-order valence-corrected chi connectivity index (χ2v) is 5.80. The first-order chi connectivity index (χ1) is 8.13. The van der Waals surface area contributed by atoms with Crippen LogP contribution in [0.3, 0.4) is 0 Å². The maximum absolute atomic E-state index is 10.9. The van der Waals surface area contributed by atoms with Gasteiger partial charge in [0.25, 0.3) is 0 Å². The molecule has 1 N–H and O–H groups in total. The van der Waals surface area contributed by atoms with E-state index in [0.717, 1.165) is 31.4 Å². The molecule has 0 atom stereocenters. The average Bonchev–Trinajstić information content (AvgIpc) is 2.85. The van der Waals surface area contributed by atoms with Gasteiger partial charge >= 0.3 is 51.4 Å². The molecule has 0 spiro atoms. The summed E-state index contributed by atoms with van der Waals surface area (Å²) in [5.74, 6) is 0. The number of pyridine rings is 1. The molecule has 1 aromatic heterocycles. The third kappa shape index (κ3) is 2.32. The number of hydrogen-bond donors (Lipinski definition) is 1. The third-order valence-corrected chi connectivity index (χ3v) is 4.21. The molecule has 0 radical (unpaired) electrons. The van der Waals surface area contributed by atoms with Gasteiger partial charge in [0.05, 0.1) is 5.69 Å². The Morgan fingerprint density at radius 3 is 2.72 bits per heavy atom. The summed E-state index contributed by atoms with van der Waals surface area (Å²) in [6.07, 6.45) is 5.54. The SMILES string of the molecule is CC1(C)CCc2c1nc1c(c2NC[O-])CCC1.[K+]. The van der Waals surface area contributed by atoms with Gasteiger partial charge in [-0.1, -0.05) is 20.6 Å². The van der Waals surface area contributed by atoms with E-state index in [1.54, 1.807) is 0 Å². The number of fused-ring (bicyclic) bond motifs is 2. The van der Waals surface area contributed by atoms with Crippen molar-refractivity contribution in [2.24, 2.45) is 0 Å². The van der Waals surface area contributed by atoms with Gasteiger partial charge in [0.15, 0.2) is 0 Å². The maximum Gasteiger partial charge on any atom is 1.00 e. The van der Waals surface area contributed by atoms with E-state index in [1.165, 1.54) is 28.9 Å². The fraction of sp³-hybridized carbons (Fsp3) is 0.643. The van der Waals surface area contributed by atoms with E-state index < -0.39 is 0 Å². The molecule has 0 amide bonds. The van der Waals surface area contributed by atoms with Gasteiger partial charge in [0.1, 0.15) is 0 Å². The van der Waals surface area contributed by atoms with Crippen molar-refractivity contribution < 1.29 is 56.5 Å². The molecule has 3 nitrogen and oxygen atoms in total. The first-order valence-electron chi connectivity index (χ1n) is 6.50. The summed E-state index contributed by atoms with van der Waals surface area (Å²) >= 11 is 0. The Morgan fingerprint density at radius 1 is 1.22 bits per heavy atom. The van der Waals surface area contributed by atoms with Crippen LogP contribution in [0.25, 0.3) is 0 Å². The van der Waals surface area contributed by atoms with E-state index in [2.05, 4.69) is 19.2 Å². The van der Waals surface area contributed by atoms with E-state index in [1.807, 2.05) is 0 Å². The Balaban J connectivity index is 0.00000120. The first kappa shape index (κ1) is 14.9. The van der Waals surface area contributed by atoms with Gasteiger partial charge in [-0.2, -0.15) is 0 Å². The molecule has 3 rings (SSSR count). The molecular weight excluding hydrogens is 251 g/mol. The summed E-state index contributed by atoms with van der Waals surface area (Å²) < 4.78 is 0. The number of aromatic nitrogens is 1. The van der Waals surface area contributed by atoms with E-state index in [-0.39, 0.29) is 63.5 Å². The van der Waals surface area contributed by atoms with Crippen molar-refractivity contribution in [3.05, 3.63) is 22.5 Å². The number of nitrogens with one attached hydrogen (secondary N) is 1. The number of aryl methyl sites for hydroxylation is 1. The zero-order valence-corrected chi connectivity index (χ0v) is 14.7. The summed E-state index contributed by atoms with van der Waals surface area (Å²) in [6.45, 7) is 4.28. The van der Waals surface area contributed by atoms with E-state index in [0.29, 0.717) is 0 Å². The molecule has 1 aromatic rings. The molecule has 0 aliphatic heterocycles. The predicted molar refractivity (Wildman–Crippen MR) is 66.1 cm³/mol. The molecule has 18 heavy (non-hydrogen) atoms. The van der Waals surface area contributed by atoms with E-state index in [9.17, 15) is 5.11 Å². The molecule has 1 heterocycles. The van der Waals surface area contributed by atoms with Crippen LogP contribution in [0.15, 0.2) is 0 Å². The van der Waals surface area contributed by atoms with Gasteiger partial charge in [-0.3, -0.25) is 4.98 Å². The summed E-state index contributed by atoms with van der Waals surface area (Å²) in [4.78, 5) is 4.89. The van der Waals surface area contributed by atoms with Crippen LogP contribution in [0.1, 0.15) is 49.2 Å². The molecular formula is C14H19KN2O. The Kier molecular flexibility index (Phi) is 4.57. The van der Waals surface area contributed by atoms with E-state index >= 15 is 0 Å². The van der Waals surface area contributed by atoms with Crippen LogP contribution < -0.4 is 61.8 Å². The summed E-state index contributed by atoms with van der Waals surface area (Å²) in [5.41, 5.74) is 6.39. The van der Waals surface area contributed by atoms with Crippen molar-refractivity contribution in [3.8, 4) is 0 Å². The molecule has 0 fully saturated rings. The molecule has 4 heteroatoms. The molecule has 0 aromatic carbocycles. The molecule has 0 saturated carbocycles. The quantitative estimate of drug-likeness (QED) is 0.527. The second-order valence-electron chi connectivity index (χ2n) is 5.80. The van der Waals surface area contributed by atoms with Crippen LogP contribution in [0.4, 0.5) is 5.69 Å². The fourth-order valence-corrected chi connectivity index (χ4v) is 3.27. The first-order valence-corrected chi connectivity index (χ1v) is 6.50. The van der Waals surface area contributed by atoms with Crippen molar-refractivity contribution >= 4 is 5.69 Å². The zero-order chi connectivity index (χ0) is 12.0. The average molecular weight is 270 g/mol. The van der Waals surface area contributed by atoms with E-state index in [4.69, 9.17) is 4.98 Å². The normalized spacial score (nSPS) is 19.1. The Morgan fingerprint density at radius 2 is 2.00 bits per heavy atom. The minimum atomic E-state index is -0.233. The monoisotopic (exact) mass is 270 g/mol. The Bertz CT molecular complexity index is 471. The molecule has 92 valence electrons. The second kappa shape index (κ2) is 5.50. The molecule has 0 bridgehead atoms. The summed E-state index contributed by atoms with van der Waals surface area (Å²) in [6, 6.07) is 0. The largest absolute Gasteiger partial charge is 1.00 e. The van der Waals surface area contributed by atoms with Crippen LogP contribution in [-0.2, 0) is 24.7 Å². The third-order valence-electron chi connectivity index (χ3n) is 4.21. The zero-order valence-electron chi connectivity index (χ0n) is 11.6. The smallest absolute Gasteiger partial charge is 0.839 e. The van der Waals surface area contributed by atoms with Crippen LogP contribution in [0.5, 0.6) is 0 Å². The standard InChI is InChI=1S/C14H19N2O.K/c1-14(2)7-6-10-12(15-8-17)9-4-3-5-11(9)16-13(10)14;/h3-8H2,1-2H3,(H,15,16);/q-1;+1. The van der Waals surface area contributed by atoms with Gasteiger partial charge in [0.2, 0.25) is 0 Å². The number of rotatable bonds is 2. The van der Waals surface area contributed by atoms with Crippen molar-refractivity contribution in [2.75, 3.05) is 12.0 Å². The van der Waals surface area contributed by atoms with Gasteiger partial charge in [-0.05, 0) is 43.2 Å². The van der Waals surface area contributed by atoms with Gasteiger partial charge in [-0.15, -0.1) is 0 Å². The van der Waals surface area contributed by atoms with Crippen LogP contribution >= 0.6 is 0 Å². The molecule has 2 aliphatic rings. The predicted octanol–water partition coefficient (Wildman–Crippen LogP) is -1.47. The molecule has 0 unspecified atom stereocenters. The summed E-state index contributed by atoms with van der Waals surface area (Å²) in [7, 11) is 0. The fourth-order valence-electron chi connectivity index (χ4n) is 3.27. The van der Waals surface area contributed by atoms with Crippen LogP contribution in [0, 0.1) is 0 Å². The Hall–Kier alpha value is 0.546. The van der Waals surface area contributed by atoms with Gasteiger partial charge < -0.3 is 10.4 Å². The van der Waals surface area contributed by atoms with Crippen molar-refractivity contribution in [2.45, 2.75) is 51.4 Å². The number of hydrogen-bond acceptors (Lipinski definition) is 3. The minimum absolute atomic E-state index is 0. The number of anilines is 1. The van der Waals surface area contributed by atoms with Crippen LogP contribution in [-0.4, -0.2) is 11.7 Å². The van der Waals surface area contributed by atoms with Crippen molar-refractivity contribution in [1.82, 2.24) is 4.98 Å². The van der Waals surface area contributed by atoms with Crippen molar-refractivity contribution in [1.29, 1.82) is 0 Å².